The number of anilines is 2. The molecule has 0 aromatic carbocycles. The smallest absolute Gasteiger partial charge is 0.153 e. The summed E-state index contributed by atoms with van der Waals surface area (Å²) < 4.78 is 0. The number of rotatable bonds is 1. The van der Waals surface area contributed by atoms with Crippen LogP contribution >= 0.6 is 0 Å². The Morgan fingerprint density at radius 1 is 1.06 bits per heavy atom. The summed E-state index contributed by atoms with van der Waals surface area (Å²) in [5.74, 6) is 2.23. The minimum Gasteiger partial charge on any atom is -0.380 e. The zero-order valence-electron chi connectivity index (χ0n) is 11.6. The Morgan fingerprint density at radius 2 is 1.71 bits per heavy atom. The number of aryl methyl sites for hydroxylation is 1. The Labute approximate surface area is 104 Å². The zero-order chi connectivity index (χ0) is 12.8. The van der Waals surface area contributed by atoms with Crippen LogP contribution in [-0.2, 0) is 0 Å². The Hall–Kier alpha value is -1.32. The summed E-state index contributed by atoms with van der Waals surface area (Å²) in [5, 5.41) is 6.76. The molecule has 0 atom stereocenters. The molecule has 1 aliphatic rings. The van der Waals surface area contributed by atoms with E-state index >= 15 is 0 Å². The van der Waals surface area contributed by atoms with Crippen LogP contribution in [0.5, 0.6) is 0 Å². The van der Waals surface area contributed by atoms with Crippen LogP contribution in [0, 0.1) is 6.92 Å². The second-order valence-corrected chi connectivity index (χ2v) is 4.24. The third-order valence-electron chi connectivity index (χ3n) is 2.54. The van der Waals surface area contributed by atoms with E-state index in [0.717, 1.165) is 42.5 Å². The molecule has 1 aromatic heterocycles. The van der Waals surface area contributed by atoms with Gasteiger partial charge >= 0.3 is 0 Å². The topological polar surface area (TPSA) is 49.8 Å². The molecule has 2 N–H and O–H groups in total. The maximum Gasteiger partial charge on any atom is 0.153 e. The number of aromatic nitrogens is 2. The molecular weight excluding hydrogens is 212 g/mol. The van der Waals surface area contributed by atoms with Crippen molar-refractivity contribution in [3.63, 3.8) is 0 Å². The first kappa shape index (κ1) is 13.7. The molecule has 0 spiro atoms. The van der Waals surface area contributed by atoms with Crippen LogP contribution in [0.3, 0.4) is 0 Å². The third kappa shape index (κ3) is 3.32. The van der Waals surface area contributed by atoms with Crippen molar-refractivity contribution >= 4 is 11.5 Å². The molecule has 1 aliphatic heterocycles. The van der Waals surface area contributed by atoms with Crippen molar-refractivity contribution in [2.45, 2.75) is 47.0 Å². The average molecular weight is 236 g/mol. The van der Waals surface area contributed by atoms with Gasteiger partial charge in [-0.05, 0) is 19.3 Å². The van der Waals surface area contributed by atoms with E-state index in [1.165, 1.54) is 0 Å². The Kier molecular flexibility index (Phi) is 5.19. The van der Waals surface area contributed by atoms with E-state index in [9.17, 15) is 0 Å². The van der Waals surface area contributed by atoms with Gasteiger partial charge in [0.05, 0.1) is 11.4 Å². The summed E-state index contributed by atoms with van der Waals surface area (Å²) in [5.41, 5.74) is 2.21. The van der Waals surface area contributed by atoms with Gasteiger partial charge in [-0.3, -0.25) is 0 Å². The molecule has 0 saturated carbocycles. The second kappa shape index (κ2) is 6.42. The van der Waals surface area contributed by atoms with Gasteiger partial charge in [-0.15, -0.1) is 0 Å². The summed E-state index contributed by atoms with van der Waals surface area (Å²) in [4.78, 5) is 8.95. The number of nitrogens with zero attached hydrogens (tertiary/aromatic N) is 2. The fourth-order valence-electron chi connectivity index (χ4n) is 1.82. The van der Waals surface area contributed by atoms with E-state index < -0.39 is 0 Å². The molecule has 0 radical (unpaired) electrons. The predicted octanol–water partition coefficient (Wildman–Crippen LogP) is 3.16. The van der Waals surface area contributed by atoms with Crippen molar-refractivity contribution in [2.75, 3.05) is 23.7 Å². The van der Waals surface area contributed by atoms with Crippen molar-refractivity contribution in [1.82, 2.24) is 9.97 Å². The minimum atomic E-state index is 0.424. The fourth-order valence-corrected chi connectivity index (χ4v) is 1.82. The summed E-state index contributed by atoms with van der Waals surface area (Å²) in [6, 6.07) is 0. The highest BCUT2D eigenvalue weighted by atomic mass is 15.1. The van der Waals surface area contributed by atoms with E-state index in [1.54, 1.807) is 0 Å². The van der Waals surface area contributed by atoms with E-state index in [2.05, 4.69) is 34.4 Å². The van der Waals surface area contributed by atoms with Gasteiger partial charge in [0.25, 0.3) is 0 Å². The summed E-state index contributed by atoms with van der Waals surface area (Å²) in [6.45, 7) is 12.2. The van der Waals surface area contributed by atoms with Crippen LogP contribution in [0.25, 0.3) is 0 Å². The maximum atomic E-state index is 4.51. The standard InChI is InChI=1S/C11H18N4.C2H6/c1-7(2)9-10-11(15-8(3)14-9)13-6-4-5-12-10;1-2/h7,12H,4-6H2,1-3H3,(H,13,14,15);1-2H3. The van der Waals surface area contributed by atoms with Gasteiger partial charge in [0, 0.05) is 13.1 Å². The molecule has 2 rings (SSSR count). The lowest BCUT2D eigenvalue weighted by molar-refractivity contribution is 0.804. The Balaban J connectivity index is 0.000000686. The molecule has 96 valence electrons. The third-order valence-corrected chi connectivity index (χ3v) is 2.54. The molecule has 4 heteroatoms. The van der Waals surface area contributed by atoms with Crippen LogP contribution in [0.15, 0.2) is 0 Å². The minimum absolute atomic E-state index is 0.424. The largest absolute Gasteiger partial charge is 0.380 e. The predicted molar refractivity (Wildman–Crippen MR) is 73.8 cm³/mol. The van der Waals surface area contributed by atoms with Crippen LogP contribution < -0.4 is 10.6 Å². The SMILES string of the molecule is CC.Cc1nc2c(c(C(C)C)n1)NCCCN2. The number of fused-ring (bicyclic) bond motifs is 1. The zero-order valence-corrected chi connectivity index (χ0v) is 11.6. The van der Waals surface area contributed by atoms with Crippen LogP contribution in [0.2, 0.25) is 0 Å². The van der Waals surface area contributed by atoms with Gasteiger partial charge in [0.1, 0.15) is 5.82 Å². The number of nitrogens with one attached hydrogen (secondary N) is 2. The quantitative estimate of drug-likeness (QED) is 0.786. The molecule has 0 saturated heterocycles. The molecule has 0 fully saturated rings. The normalized spacial score (nSPS) is 13.8. The van der Waals surface area contributed by atoms with Gasteiger partial charge < -0.3 is 10.6 Å². The first-order chi connectivity index (χ1) is 8.18. The molecule has 17 heavy (non-hydrogen) atoms. The van der Waals surface area contributed by atoms with Gasteiger partial charge in [-0.1, -0.05) is 27.7 Å². The molecular formula is C13H24N4. The van der Waals surface area contributed by atoms with Crippen molar-refractivity contribution in [3.05, 3.63) is 11.5 Å². The molecule has 0 bridgehead atoms. The first-order valence-electron chi connectivity index (χ1n) is 6.54. The van der Waals surface area contributed by atoms with Crippen LogP contribution in [0.1, 0.15) is 51.6 Å². The van der Waals surface area contributed by atoms with E-state index in [-0.39, 0.29) is 0 Å². The average Bonchev–Trinajstić information content (AvgIpc) is 2.55. The van der Waals surface area contributed by atoms with Gasteiger partial charge in [-0.25, -0.2) is 9.97 Å². The summed E-state index contributed by atoms with van der Waals surface area (Å²) in [7, 11) is 0. The molecule has 0 unspecified atom stereocenters. The molecule has 0 amide bonds. The van der Waals surface area contributed by atoms with Crippen molar-refractivity contribution < 1.29 is 0 Å². The Bertz CT molecular complexity index is 361. The van der Waals surface area contributed by atoms with Crippen molar-refractivity contribution in [1.29, 1.82) is 0 Å². The number of hydrogen-bond donors (Lipinski definition) is 2. The fraction of sp³-hybridized carbons (Fsp3) is 0.692. The van der Waals surface area contributed by atoms with Crippen LogP contribution in [-0.4, -0.2) is 23.1 Å². The van der Waals surface area contributed by atoms with E-state index in [0.29, 0.717) is 5.92 Å². The molecule has 0 aliphatic carbocycles. The summed E-state index contributed by atoms with van der Waals surface area (Å²) in [6.07, 6.45) is 1.12. The summed E-state index contributed by atoms with van der Waals surface area (Å²) >= 11 is 0. The highest BCUT2D eigenvalue weighted by Crippen LogP contribution is 2.29. The van der Waals surface area contributed by atoms with Gasteiger partial charge in [0.15, 0.2) is 5.82 Å². The van der Waals surface area contributed by atoms with Crippen molar-refractivity contribution in [2.24, 2.45) is 0 Å². The van der Waals surface area contributed by atoms with Gasteiger partial charge in [0.2, 0.25) is 0 Å². The Morgan fingerprint density at radius 3 is 2.35 bits per heavy atom. The second-order valence-electron chi connectivity index (χ2n) is 4.24. The molecule has 4 nitrogen and oxygen atoms in total. The number of hydrogen-bond acceptors (Lipinski definition) is 4. The maximum absolute atomic E-state index is 4.51. The van der Waals surface area contributed by atoms with E-state index in [1.807, 2.05) is 20.8 Å². The lowest BCUT2D eigenvalue weighted by Crippen LogP contribution is -2.08. The van der Waals surface area contributed by atoms with Crippen molar-refractivity contribution in [3.8, 4) is 0 Å². The molecule has 2 heterocycles. The lowest BCUT2D eigenvalue weighted by atomic mass is 10.1. The monoisotopic (exact) mass is 236 g/mol. The van der Waals surface area contributed by atoms with E-state index in [4.69, 9.17) is 0 Å². The lowest BCUT2D eigenvalue weighted by Gasteiger charge is -2.15. The first-order valence-corrected chi connectivity index (χ1v) is 6.54. The highest BCUT2D eigenvalue weighted by molar-refractivity contribution is 5.68. The van der Waals surface area contributed by atoms with Crippen LogP contribution in [0.4, 0.5) is 11.5 Å². The highest BCUT2D eigenvalue weighted by Gasteiger charge is 2.16. The van der Waals surface area contributed by atoms with Gasteiger partial charge in [-0.2, -0.15) is 0 Å². The molecule has 1 aromatic rings.